The molecule has 0 bridgehead atoms. The van der Waals surface area contributed by atoms with Crippen molar-refractivity contribution in [2.45, 2.75) is 44.7 Å². The summed E-state index contributed by atoms with van der Waals surface area (Å²) in [5.74, 6) is 1.81. The molecule has 1 aromatic carbocycles. The molecule has 0 spiro atoms. The number of likely N-dealkylation sites (tertiary alicyclic amines) is 1. The summed E-state index contributed by atoms with van der Waals surface area (Å²) in [4.78, 5) is 14.1. The van der Waals surface area contributed by atoms with Crippen LogP contribution in [0.15, 0.2) is 18.2 Å². The van der Waals surface area contributed by atoms with Gasteiger partial charge in [-0.15, -0.1) is 0 Å². The maximum atomic E-state index is 12.0. The van der Waals surface area contributed by atoms with Gasteiger partial charge in [0, 0.05) is 38.0 Å². The zero-order valence-corrected chi connectivity index (χ0v) is 13.0. The lowest BCUT2D eigenvalue weighted by Crippen LogP contribution is -2.45. The SMILES string of the molecule is O=C(C1CC1)N1CCC(NCc2ccc3c(c2)CCO3)CC1. The van der Waals surface area contributed by atoms with Crippen molar-refractivity contribution in [2.24, 2.45) is 5.92 Å². The van der Waals surface area contributed by atoms with E-state index in [2.05, 4.69) is 28.4 Å². The molecule has 1 amide bonds. The number of piperidine rings is 1. The first kappa shape index (κ1) is 14.1. The summed E-state index contributed by atoms with van der Waals surface area (Å²) >= 11 is 0. The molecule has 4 nitrogen and oxygen atoms in total. The number of benzene rings is 1. The molecule has 0 radical (unpaired) electrons. The minimum absolute atomic E-state index is 0.359. The maximum absolute atomic E-state index is 12.0. The van der Waals surface area contributed by atoms with Gasteiger partial charge in [-0.1, -0.05) is 12.1 Å². The molecule has 1 aromatic rings. The van der Waals surface area contributed by atoms with Gasteiger partial charge in [0.25, 0.3) is 0 Å². The van der Waals surface area contributed by atoms with Crippen LogP contribution in [0.3, 0.4) is 0 Å². The van der Waals surface area contributed by atoms with E-state index in [4.69, 9.17) is 4.74 Å². The predicted molar refractivity (Wildman–Crippen MR) is 84.8 cm³/mol. The van der Waals surface area contributed by atoms with Crippen LogP contribution in [0.5, 0.6) is 5.75 Å². The highest BCUT2D eigenvalue weighted by atomic mass is 16.5. The Hall–Kier alpha value is -1.55. The van der Waals surface area contributed by atoms with E-state index in [9.17, 15) is 4.79 Å². The summed E-state index contributed by atoms with van der Waals surface area (Å²) in [7, 11) is 0. The fourth-order valence-electron chi connectivity index (χ4n) is 3.50. The number of rotatable bonds is 4. The molecule has 4 heteroatoms. The maximum Gasteiger partial charge on any atom is 0.225 e. The lowest BCUT2D eigenvalue weighted by atomic mass is 10.0. The number of amides is 1. The standard InChI is InChI=1S/C18H24N2O2/c21-18(14-2-3-14)20-8-5-16(6-9-20)19-12-13-1-4-17-15(11-13)7-10-22-17/h1,4,11,14,16,19H,2-3,5-10,12H2. The topological polar surface area (TPSA) is 41.6 Å². The van der Waals surface area contributed by atoms with Crippen LogP contribution in [0, 0.1) is 5.92 Å². The third kappa shape index (κ3) is 2.98. The van der Waals surface area contributed by atoms with Gasteiger partial charge in [0.1, 0.15) is 5.75 Å². The average molecular weight is 300 g/mol. The van der Waals surface area contributed by atoms with Crippen molar-refractivity contribution < 1.29 is 9.53 Å². The lowest BCUT2D eigenvalue weighted by molar-refractivity contribution is -0.133. The van der Waals surface area contributed by atoms with Crippen molar-refractivity contribution >= 4 is 5.91 Å². The van der Waals surface area contributed by atoms with Crippen molar-refractivity contribution in [3.8, 4) is 5.75 Å². The highest BCUT2D eigenvalue weighted by Gasteiger charge is 2.34. The molecule has 4 rings (SSSR count). The molecule has 0 unspecified atom stereocenters. The Kier molecular flexibility index (Phi) is 3.78. The highest BCUT2D eigenvalue weighted by Crippen LogP contribution is 2.32. The lowest BCUT2D eigenvalue weighted by Gasteiger charge is -2.32. The van der Waals surface area contributed by atoms with Crippen molar-refractivity contribution in [2.75, 3.05) is 19.7 Å². The summed E-state index contributed by atoms with van der Waals surface area (Å²) in [5, 5.41) is 3.65. The molecular weight excluding hydrogens is 276 g/mol. The van der Waals surface area contributed by atoms with Crippen LogP contribution < -0.4 is 10.1 Å². The zero-order chi connectivity index (χ0) is 14.9. The van der Waals surface area contributed by atoms with Crippen molar-refractivity contribution in [3.05, 3.63) is 29.3 Å². The zero-order valence-electron chi connectivity index (χ0n) is 13.0. The molecule has 118 valence electrons. The van der Waals surface area contributed by atoms with Gasteiger partial charge in [0.05, 0.1) is 6.61 Å². The van der Waals surface area contributed by atoms with E-state index in [1.807, 2.05) is 0 Å². The Morgan fingerprint density at radius 3 is 2.82 bits per heavy atom. The molecule has 2 aliphatic heterocycles. The summed E-state index contributed by atoms with van der Waals surface area (Å²) in [6.07, 6.45) is 5.40. The van der Waals surface area contributed by atoms with Gasteiger partial charge >= 0.3 is 0 Å². The summed E-state index contributed by atoms with van der Waals surface area (Å²) in [5.41, 5.74) is 2.67. The molecule has 1 N–H and O–H groups in total. The van der Waals surface area contributed by atoms with E-state index < -0.39 is 0 Å². The molecule has 1 aliphatic carbocycles. The van der Waals surface area contributed by atoms with E-state index in [-0.39, 0.29) is 0 Å². The normalized spacial score (nSPS) is 21.5. The van der Waals surface area contributed by atoms with Crippen molar-refractivity contribution in [1.29, 1.82) is 0 Å². The second kappa shape index (κ2) is 5.92. The van der Waals surface area contributed by atoms with Gasteiger partial charge in [0.2, 0.25) is 5.91 Å². The number of nitrogens with zero attached hydrogens (tertiary/aromatic N) is 1. The molecular formula is C18H24N2O2. The molecule has 3 aliphatic rings. The summed E-state index contributed by atoms with van der Waals surface area (Å²) < 4.78 is 5.55. The second-order valence-electron chi connectivity index (χ2n) is 6.80. The van der Waals surface area contributed by atoms with Crippen LogP contribution in [0.1, 0.15) is 36.8 Å². The fourth-order valence-corrected chi connectivity index (χ4v) is 3.50. The number of hydrogen-bond acceptors (Lipinski definition) is 3. The van der Waals surface area contributed by atoms with Crippen LogP contribution in [0.4, 0.5) is 0 Å². The monoisotopic (exact) mass is 300 g/mol. The number of carbonyl (C=O) groups is 1. The van der Waals surface area contributed by atoms with Gasteiger partial charge in [0.15, 0.2) is 0 Å². The van der Waals surface area contributed by atoms with Gasteiger partial charge in [-0.05, 0) is 42.9 Å². The molecule has 2 fully saturated rings. The van der Waals surface area contributed by atoms with E-state index in [1.54, 1.807) is 0 Å². The summed E-state index contributed by atoms with van der Waals surface area (Å²) in [6, 6.07) is 7.05. The van der Waals surface area contributed by atoms with E-state index in [1.165, 1.54) is 11.1 Å². The van der Waals surface area contributed by atoms with Crippen LogP contribution in [-0.4, -0.2) is 36.5 Å². The van der Waals surface area contributed by atoms with Gasteiger partial charge < -0.3 is 15.0 Å². The molecule has 1 saturated heterocycles. The number of fused-ring (bicyclic) bond motifs is 1. The average Bonchev–Trinajstić information content (AvgIpc) is 3.30. The van der Waals surface area contributed by atoms with Gasteiger partial charge in [-0.25, -0.2) is 0 Å². The largest absolute Gasteiger partial charge is 0.493 e. The molecule has 0 aromatic heterocycles. The van der Waals surface area contributed by atoms with Gasteiger partial charge in [-0.3, -0.25) is 4.79 Å². The number of ether oxygens (including phenoxy) is 1. The second-order valence-corrected chi connectivity index (χ2v) is 6.80. The van der Waals surface area contributed by atoms with E-state index >= 15 is 0 Å². The van der Waals surface area contributed by atoms with E-state index in [0.29, 0.717) is 17.9 Å². The molecule has 22 heavy (non-hydrogen) atoms. The first-order valence-electron chi connectivity index (χ1n) is 8.56. The Morgan fingerprint density at radius 2 is 2.05 bits per heavy atom. The Balaban J connectivity index is 1.25. The van der Waals surface area contributed by atoms with Crippen molar-refractivity contribution in [3.63, 3.8) is 0 Å². The first-order chi connectivity index (χ1) is 10.8. The van der Waals surface area contributed by atoms with Crippen molar-refractivity contribution in [1.82, 2.24) is 10.2 Å². The van der Waals surface area contributed by atoms with E-state index in [0.717, 1.165) is 64.1 Å². The third-order valence-corrected chi connectivity index (χ3v) is 5.08. The van der Waals surface area contributed by atoms with Crippen LogP contribution in [0.2, 0.25) is 0 Å². The minimum Gasteiger partial charge on any atom is -0.493 e. The number of carbonyl (C=O) groups excluding carboxylic acids is 1. The molecule has 2 heterocycles. The quantitative estimate of drug-likeness (QED) is 0.926. The summed E-state index contributed by atoms with van der Waals surface area (Å²) in [6.45, 7) is 3.57. The Morgan fingerprint density at radius 1 is 1.23 bits per heavy atom. The van der Waals surface area contributed by atoms with Crippen LogP contribution >= 0.6 is 0 Å². The fraction of sp³-hybridized carbons (Fsp3) is 0.611. The third-order valence-electron chi connectivity index (χ3n) is 5.08. The van der Waals surface area contributed by atoms with Gasteiger partial charge in [-0.2, -0.15) is 0 Å². The highest BCUT2D eigenvalue weighted by molar-refractivity contribution is 5.81. The first-order valence-corrected chi connectivity index (χ1v) is 8.56. The Labute approximate surface area is 131 Å². The van der Waals surface area contributed by atoms with Crippen LogP contribution in [0.25, 0.3) is 0 Å². The number of nitrogens with one attached hydrogen (secondary N) is 1. The predicted octanol–water partition coefficient (Wildman–Crippen LogP) is 2.11. The molecule has 0 atom stereocenters. The molecule has 1 saturated carbocycles. The number of hydrogen-bond donors (Lipinski definition) is 1. The minimum atomic E-state index is 0.359. The van der Waals surface area contributed by atoms with Crippen LogP contribution in [-0.2, 0) is 17.8 Å². The Bertz CT molecular complexity index is 560. The smallest absolute Gasteiger partial charge is 0.225 e.